The lowest BCUT2D eigenvalue weighted by Gasteiger charge is -2.07. The summed E-state index contributed by atoms with van der Waals surface area (Å²) in [5, 5.41) is 0.821. The number of hydrogen-bond acceptors (Lipinski definition) is 3. The Morgan fingerprint density at radius 1 is 1.05 bits per heavy atom. The molecule has 2 aromatic heterocycles. The highest BCUT2D eigenvalue weighted by molar-refractivity contribution is 7.90. The number of fused-ring (bicyclic) bond motifs is 1. The molecule has 0 aliphatic carbocycles. The monoisotopic (exact) mass is 286 g/mol. The van der Waals surface area contributed by atoms with Crippen LogP contribution < -0.4 is 0 Å². The van der Waals surface area contributed by atoms with Crippen LogP contribution in [0.4, 0.5) is 0 Å². The Hall–Kier alpha value is -2.14. The first-order valence-corrected chi connectivity index (χ1v) is 7.84. The van der Waals surface area contributed by atoms with E-state index in [9.17, 15) is 8.42 Å². The van der Waals surface area contributed by atoms with Crippen LogP contribution in [0.5, 0.6) is 0 Å². The van der Waals surface area contributed by atoms with Crippen LogP contribution in [0.1, 0.15) is 12.6 Å². The van der Waals surface area contributed by atoms with Gasteiger partial charge >= 0.3 is 0 Å². The van der Waals surface area contributed by atoms with Gasteiger partial charge in [0.25, 0.3) is 10.0 Å². The van der Waals surface area contributed by atoms with E-state index in [2.05, 4.69) is 4.98 Å². The number of nitrogens with zero attached hydrogens (tertiary/aromatic N) is 2. The molecule has 1 aromatic carbocycles. The summed E-state index contributed by atoms with van der Waals surface area (Å²) < 4.78 is 26.5. The largest absolute Gasteiger partial charge is 0.269 e. The first-order chi connectivity index (χ1) is 9.63. The van der Waals surface area contributed by atoms with Gasteiger partial charge in [0.15, 0.2) is 5.65 Å². The van der Waals surface area contributed by atoms with E-state index in [1.165, 1.54) is 3.97 Å². The molecule has 0 saturated carbocycles. The Morgan fingerprint density at radius 3 is 2.50 bits per heavy atom. The molecule has 3 rings (SSSR count). The van der Waals surface area contributed by atoms with Gasteiger partial charge in [-0.1, -0.05) is 25.1 Å². The Balaban J connectivity index is 2.24. The highest BCUT2D eigenvalue weighted by Gasteiger charge is 2.19. The Morgan fingerprint density at radius 2 is 1.80 bits per heavy atom. The molecular formula is C15H14N2O2S. The summed E-state index contributed by atoms with van der Waals surface area (Å²) in [5.41, 5.74) is 1.36. The van der Waals surface area contributed by atoms with Gasteiger partial charge in [0.2, 0.25) is 0 Å². The molecule has 5 heteroatoms. The van der Waals surface area contributed by atoms with Gasteiger partial charge in [-0.15, -0.1) is 0 Å². The lowest BCUT2D eigenvalue weighted by molar-refractivity contribution is 0.588. The third-order valence-electron chi connectivity index (χ3n) is 3.22. The molecular weight excluding hydrogens is 272 g/mol. The SMILES string of the molecule is CCc1ccc2ccn(S(=O)(=O)c3ccccc3)c2n1. The van der Waals surface area contributed by atoms with Crippen molar-refractivity contribution in [1.29, 1.82) is 0 Å². The summed E-state index contributed by atoms with van der Waals surface area (Å²) >= 11 is 0. The van der Waals surface area contributed by atoms with Crippen LogP contribution in [0, 0.1) is 0 Å². The van der Waals surface area contributed by atoms with Crippen molar-refractivity contribution in [1.82, 2.24) is 8.96 Å². The number of hydrogen-bond donors (Lipinski definition) is 0. The van der Waals surface area contributed by atoms with E-state index in [4.69, 9.17) is 0 Å². The smallest absolute Gasteiger partial charge is 0.234 e. The number of pyridine rings is 1. The Bertz CT molecular complexity index is 852. The molecule has 102 valence electrons. The fraction of sp³-hybridized carbons (Fsp3) is 0.133. The average Bonchev–Trinajstić information content (AvgIpc) is 2.91. The van der Waals surface area contributed by atoms with Gasteiger partial charge < -0.3 is 0 Å². The number of rotatable bonds is 3. The molecule has 0 aliphatic rings. The number of benzene rings is 1. The molecule has 0 saturated heterocycles. The van der Waals surface area contributed by atoms with Gasteiger partial charge in [-0.2, -0.15) is 0 Å². The minimum absolute atomic E-state index is 0.265. The molecule has 0 fully saturated rings. The fourth-order valence-electron chi connectivity index (χ4n) is 2.12. The molecule has 0 radical (unpaired) electrons. The fourth-order valence-corrected chi connectivity index (χ4v) is 3.44. The third kappa shape index (κ3) is 2.00. The molecule has 4 nitrogen and oxygen atoms in total. The zero-order valence-corrected chi connectivity index (χ0v) is 11.8. The van der Waals surface area contributed by atoms with Gasteiger partial charge in [0, 0.05) is 17.3 Å². The van der Waals surface area contributed by atoms with Crippen LogP contribution in [-0.4, -0.2) is 17.4 Å². The van der Waals surface area contributed by atoms with E-state index in [-0.39, 0.29) is 4.90 Å². The maximum absolute atomic E-state index is 12.6. The van der Waals surface area contributed by atoms with E-state index in [0.717, 1.165) is 17.5 Å². The van der Waals surface area contributed by atoms with Crippen LogP contribution in [0.15, 0.2) is 59.6 Å². The topological polar surface area (TPSA) is 52.0 Å². The lowest BCUT2D eigenvalue weighted by Crippen LogP contribution is -2.12. The molecule has 0 spiro atoms. The van der Waals surface area contributed by atoms with Crippen molar-refractivity contribution < 1.29 is 8.42 Å². The second-order valence-corrected chi connectivity index (χ2v) is 6.31. The molecule has 0 bridgehead atoms. The summed E-state index contributed by atoms with van der Waals surface area (Å²) in [7, 11) is -3.59. The molecule has 0 N–H and O–H groups in total. The van der Waals surface area contributed by atoms with E-state index < -0.39 is 10.0 Å². The molecule has 0 atom stereocenters. The van der Waals surface area contributed by atoms with Gasteiger partial charge in [-0.05, 0) is 36.8 Å². The van der Waals surface area contributed by atoms with Crippen molar-refractivity contribution in [3.05, 3.63) is 60.4 Å². The molecule has 0 amide bonds. The van der Waals surface area contributed by atoms with Gasteiger partial charge in [0.05, 0.1) is 4.90 Å². The van der Waals surface area contributed by atoms with Crippen molar-refractivity contribution in [3.8, 4) is 0 Å². The number of aryl methyl sites for hydroxylation is 1. The maximum Gasteiger partial charge on any atom is 0.269 e. The molecule has 0 unspecified atom stereocenters. The van der Waals surface area contributed by atoms with Crippen LogP contribution in [-0.2, 0) is 16.4 Å². The van der Waals surface area contributed by atoms with E-state index in [0.29, 0.717) is 5.65 Å². The first kappa shape index (κ1) is 12.9. The Labute approximate surface area is 117 Å². The highest BCUT2D eigenvalue weighted by atomic mass is 32.2. The summed E-state index contributed by atoms with van der Waals surface area (Å²) in [6.45, 7) is 1.99. The second kappa shape index (κ2) is 4.76. The van der Waals surface area contributed by atoms with Crippen LogP contribution >= 0.6 is 0 Å². The molecule has 0 aliphatic heterocycles. The predicted molar refractivity (Wildman–Crippen MR) is 78.1 cm³/mol. The number of aromatic nitrogens is 2. The minimum atomic E-state index is -3.59. The second-order valence-electron chi connectivity index (χ2n) is 4.50. The quantitative estimate of drug-likeness (QED) is 0.744. The van der Waals surface area contributed by atoms with E-state index in [1.54, 1.807) is 42.6 Å². The molecule has 2 heterocycles. The normalized spacial score (nSPS) is 11.8. The van der Waals surface area contributed by atoms with Crippen molar-refractivity contribution in [2.45, 2.75) is 18.2 Å². The third-order valence-corrected chi connectivity index (χ3v) is 4.90. The maximum atomic E-state index is 12.6. The molecule has 20 heavy (non-hydrogen) atoms. The zero-order valence-electron chi connectivity index (χ0n) is 11.0. The Kier molecular flexibility index (Phi) is 3.06. The van der Waals surface area contributed by atoms with Crippen molar-refractivity contribution >= 4 is 21.1 Å². The summed E-state index contributed by atoms with van der Waals surface area (Å²) in [6, 6.07) is 14.0. The van der Waals surface area contributed by atoms with Gasteiger partial charge in [-0.3, -0.25) is 0 Å². The lowest BCUT2D eigenvalue weighted by atomic mass is 10.2. The van der Waals surface area contributed by atoms with E-state index in [1.807, 2.05) is 19.1 Å². The van der Waals surface area contributed by atoms with Crippen molar-refractivity contribution in [3.63, 3.8) is 0 Å². The average molecular weight is 286 g/mol. The first-order valence-electron chi connectivity index (χ1n) is 6.40. The van der Waals surface area contributed by atoms with Crippen LogP contribution in [0.3, 0.4) is 0 Å². The standard InChI is InChI=1S/C15H14N2O2S/c1-2-13-9-8-12-10-11-17(15(12)16-13)20(18,19)14-6-4-3-5-7-14/h3-11H,2H2,1H3. The van der Waals surface area contributed by atoms with Gasteiger partial charge in [-0.25, -0.2) is 17.4 Å². The van der Waals surface area contributed by atoms with Crippen LogP contribution in [0.2, 0.25) is 0 Å². The summed E-state index contributed by atoms with van der Waals surface area (Å²) in [6.07, 6.45) is 2.33. The summed E-state index contributed by atoms with van der Waals surface area (Å²) in [5.74, 6) is 0. The minimum Gasteiger partial charge on any atom is -0.234 e. The van der Waals surface area contributed by atoms with E-state index >= 15 is 0 Å². The van der Waals surface area contributed by atoms with Crippen molar-refractivity contribution in [2.75, 3.05) is 0 Å². The van der Waals surface area contributed by atoms with Crippen molar-refractivity contribution in [2.24, 2.45) is 0 Å². The zero-order chi connectivity index (χ0) is 14.2. The predicted octanol–water partition coefficient (Wildman–Crippen LogP) is 2.84. The van der Waals surface area contributed by atoms with Gasteiger partial charge in [0.1, 0.15) is 0 Å². The van der Waals surface area contributed by atoms with Crippen LogP contribution in [0.25, 0.3) is 11.0 Å². The molecule has 3 aromatic rings. The highest BCUT2D eigenvalue weighted by Crippen LogP contribution is 2.21. The summed E-state index contributed by atoms with van der Waals surface area (Å²) in [4.78, 5) is 4.69.